The first kappa shape index (κ1) is 9.17. The molecule has 0 fully saturated rings. The number of hydrogen-bond acceptors (Lipinski definition) is 2. The van der Waals surface area contributed by atoms with E-state index in [1.165, 1.54) is 0 Å². The van der Waals surface area contributed by atoms with E-state index in [2.05, 4.69) is 6.58 Å². The van der Waals surface area contributed by atoms with E-state index in [0.717, 1.165) is 6.42 Å². The maximum absolute atomic E-state index is 10.4. The molecular weight excluding hydrogens is 130 g/mol. The first-order valence-electron chi connectivity index (χ1n) is 3.20. The Hall–Kier alpha value is -0.830. The molecule has 0 saturated heterocycles. The fourth-order valence-corrected chi connectivity index (χ4v) is 0.410. The largest absolute Gasteiger partial charge is 0.368 e. The minimum absolute atomic E-state index is 0.427. The lowest BCUT2D eigenvalue weighted by molar-refractivity contribution is -0.128. The lowest BCUT2D eigenvalue weighted by atomic mass is 10.4. The molecule has 0 rings (SSSR count). The summed E-state index contributed by atoms with van der Waals surface area (Å²) < 4.78 is 5.00. The lowest BCUT2D eigenvalue weighted by Gasteiger charge is -2.06. The molecule has 0 bridgehead atoms. The van der Waals surface area contributed by atoms with E-state index in [-0.39, 0.29) is 0 Å². The van der Waals surface area contributed by atoms with E-state index in [4.69, 9.17) is 10.5 Å². The number of nitrogens with two attached hydrogens (primary N) is 1. The maximum atomic E-state index is 10.4. The van der Waals surface area contributed by atoms with Gasteiger partial charge in [0.1, 0.15) is 6.10 Å². The molecule has 0 heterocycles. The molecule has 1 unspecified atom stereocenters. The molecule has 0 aliphatic rings. The molecule has 2 N–H and O–H groups in total. The van der Waals surface area contributed by atoms with Crippen molar-refractivity contribution in [2.45, 2.75) is 19.4 Å². The van der Waals surface area contributed by atoms with Gasteiger partial charge in [-0.1, -0.05) is 6.08 Å². The van der Waals surface area contributed by atoms with Gasteiger partial charge in [0, 0.05) is 0 Å². The van der Waals surface area contributed by atoms with Crippen molar-refractivity contribution < 1.29 is 9.53 Å². The van der Waals surface area contributed by atoms with Crippen LogP contribution in [0, 0.1) is 0 Å². The predicted octanol–water partition coefficient (Wildman–Crippen LogP) is 0.453. The number of amides is 1. The third-order valence-corrected chi connectivity index (χ3v) is 1.09. The van der Waals surface area contributed by atoms with Crippen LogP contribution in [0.2, 0.25) is 0 Å². The molecule has 0 aliphatic carbocycles. The number of primary amides is 1. The fraction of sp³-hybridized carbons (Fsp3) is 0.571. The first-order valence-corrected chi connectivity index (χ1v) is 3.20. The van der Waals surface area contributed by atoms with Crippen molar-refractivity contribution in [2.24, 2.45) is 5.73 Å². The van der Waals surface area contributed by atoms with E-state index in [1.54, 1.807) is 13.0 Å². The minimum Gasteiger partial charge on any atom is -0.368 e. The molecule has 0 aliphatic heterocycles. The van der Waals surface area contributed by atoms with Gasteiger partial charge in [0.15, 0.2) is 0 Å². The Kier molecular flexibility index (Phi) is 4.58. The monoisotopic (exact) mass is 143 g/mol. The van der Waals surface area contributed by atoms with Gasteiger partial charge in [-0.2, -0.15) is 0 Å². The van der Waals surface area contributed by atoms with E-state index in [9.17, 15) is 4.79 Å². The quantitative estimate of drug-likeness (QED) is 0.449. The second-order valence-electron chi connectivity index (χ2n) is 1.99. The van der Waals surface area contributed by atoms with Crippen LogP contribution in [-0.2, 0) is 9.53 Å². The van der Waals surface area contributed by atoms with Crippen LogP contribution in [0.4, 0.5) is 0 Å². The Morgan fingerprint density at radius 2 is 2.50 bits per heavy atom. The third-order valence-electron chi connectivity index (χ3n) is 1.09. The topological polar surface area (TPSA) is 52.3 Å². The summed E-state index contributed by atoms with van der Waals surface area (Å²) in [6, 6.07) is 0. The van der Waals surface area contributed by atoms with Gasteiger partial charge in [-0.25, -0.2) is 0 Å². The molecule has 0 aromatic rings. The highest BCUT2D eigenvalue weighted by Crippen LogP contribution is 1.90. The Morgan fingerprint density at radius 3 is 2.90 bits per heavy atom. The zero-order valence-corrected chi connectivity index (χ0v) is 6.17. The Bertz CT molecular complexity index is 123. The summed E-state index contributed by atoms with van der Waals surface area (Å²) in [4.78, 5) is 10.4. The van der Waals surface area contributed by atoms with Crippen LogP contribution in [-0.4, -0.2) is 18.6 Å². The predicted molar refractivity (Wildman–Crippen MR) is 39.4 cm³/mol. The van der Waals surface area contributed by atoms with Gasteiger partial charge < -0.3 is 10.5 Å². The van der Waals surface area contributed by atoms with Gasteiger partial charge >= 0.3 is 0 Å². The average Bonchev–Trinajstić information content (AvgIpc) is 1.88. The van der Waals surface area contributed by atoms with Crippen molar-refractivity contribution in [2.75, 3.05) is 6.61 Å². The van der Waals surface area contributed by atoms with Crippen molar-refractivity contribution in [1.29, 1.82) is 0 Å². The maximum Gasteiger partial charge on any atom is 0.246 e. The Balaban J connectivity index is 3.30. The van der Waals surface area contributed by atoms with E-state index >= 15 is 0 Å². The summed E-state index contributed by atoms with van der Waals surface area (Å²) in [5, 5.41) is 0. The molecule has 3 heteroatoms. The SMILES string of the molecule is C=CCCOC(C)C(N)=O. The minimum atomic E-state index is -0.486. The number of ether oxygens (including phenoxy) is 1. The third kappa shape index (κ3) is 4.09. The molecule has 0 aromatic heterocycles. The Labute approximate surface area is 60.9 Å². The van der Waals surface area contributed by atoms with Crippen LogP contribution < -0.4 is 5.73 Å². The molecule has 0 aromatic carbocycles. The van der Waals surface area contributed by atoms with Crippen LogP contribution in [0.1, 0.15) is 13.3 Å². The zero-order chi connectivity index (χ0) is 7.98. The average molecular weight is 143 g/mol. The van der Waals surface area contributed by atoms with Crippen molar-refractivity contribution in [1.82, 2.24) is 0 Å². The first-order chi connectivity index (χ1) is 4.68. The van der Waals surface area contributed by atoms with Gasteiger partial charge in [0.05, 0.1) is 6.61 Å². The molecule has 0 radical (unpaired) electrons. The van der Waals surface area contributed by atoms with Crippen LogP contribution in [0.15, 0.2) is 12.7 Å². The molecule has 3 nitrogen and oxygen atoms in total. The van der Waals surface area contributed by atoms with Gasteiger partial charge in [-0.15, -0.1) is 6.58 Å². The summed E-state index contributed by atoms with van der Waals surface area (Å²) in [6.45, 7) is 5.64. The summed E-state index contributed by atoms with van der Waals surface area (Å²) in [6.07, 6.45) is 1.99. The van der Waals surface area contributed by atoms with E-state index in [0.29, 0.717) is 6.61 Å². The van der Waals surface area contributed by atoms with E-state index in [1.807, 2.05) is 0 Å². The van der Waals surface area contributed by atoms with E-state index < -0.39 is 12.0 Å². The van der Waals surface area contributed by atoms with Gasteiger partial charge in [0.2, 0.25) is 5.91 Å². The molecular formula is C7H13NO2. The van der Waals surface area contributed by atoms with Gasteiger partial charge in [-0.3, -0.25) is 4.79 Å². The summed E-state index contributed by atoms with van der Waals surface area (Å²) >= 11 is 0. The van der Waals surface area contributed by atoms with Crippen molar-refractivity contribution in [3.05, 3.63) is 12.7 Å². The van der Waals surface area contributed by atoms with Crippen LogP contribution in [0.5, 0.6) is 0 Å². The van der Waals surface area contributed by atoms with Crippen LogP contribution >= 0.6 is 0 Å². The lowest BCUT2D eigenvalue weighted by Crippen LogP contribution is -2.28. The van der Waals surface area contributed by atoms with Crippen LogP contribution in [0.25, 0.3) is 0 Å². The van der Waals surface area contributed by atoms with Gasteiger partial charge in [0.25, 0.3) is 0 Å². The van der Waals surface area contributed by atoms with Gasteiger partial charge in [-0.05, 0) is 13.3 Å². The van der Waals surface area contributed by atoms with Crippen molar-refractivity contribution >= 4 is 5.91 Å². The highest BCUT2D eigenvalue weighted by atomic mass is 16.5. The second kappa shape index (κ2) is 4.99. The summed E-state index contributed by atoms with van der Waals surface area (Å²) in [5.41, 5.74) is 4.93. The smallest absolute Gasteiger partial charge is 0.246 e. The van der Waals surface area contributed by atoms with Crippen LogP contribution in [0.3, 0.4) is 0 Å². The number of rotatable bonds is 5. The highest BCUT2D eigenvalue weighted by molar-refractivity contribution is 5.78. The molecule has 58 valence electrons. The van der Waals surface area contributed by atoms with Crippen molar-refractivity contribution in [3.8, 4) is 0 Å². The Morgan fingerprint density at radius 1 is 1.90 bits per heavy atom. The molecule has 1 atom stereocenters. The molecule has 0 spiro atoms. The molecule has 0 saturated carbocycles. The standard InChI is InChI=1S/C7H13NO2/c1-3-4-5-10-6(2)7(8)9/h3,6H,1,4-5H2,2H3,(H2,8,9). The molecule has 10 heavy (non-hydrogen) atoms. The zero-order valence-electron chi connectivity index (χ0n) is 6.17. The highest BCUT2D eigenvalue weighted by Gasteiger charge is 2.06. The number of hydrogen-bond donors (Lipinski definition) is 1. The summed E-state index contributed by atoms with van der Waals surface area (Å²) in [7, 11) is 0. The summed E-state index contributed by atoms with van der Waals surface area (Å²) in [5.74, 6) is -0.427. The fourth-order valence-electron chi connectivity index (χ4n) is 0.410. The van der Waals surface area contributed by atoms with Crippen molar-refractivity contribution in [3.63, 3.8) is 0 Å². The number of carbonyl (C=O) groups is 1. The number of carbonyl (C=O) groups excluding carboxylic acids is 1. The second-order valence-corrected chi connectivity index (χ2v) is 1.99. The molecule has 1 amide bonds. The normalized spacial score (nSPS) is 12.5.